The number of amides is 1. The highest BCUT2D eigenvalue weighted by atomic mass is 16.5. The summed E-state index contributed by atoms with van der Waals surface area (Å²) >= 11 is 0. The minimum atomic E-state index is -0.952. The van der Waals surface area contributed by atoms with Crippen molar-refractivity contribution >= 4 is 17.6 Å². The Morgan fingerprint density at radius 2 is 1.51 bits per heavy atom. The van der Waals surface area contributed by atoms with Gasteiger partial charge in [-0.1, -0.05) is 66.2 Å². The van der Waals surface area contributed by atoms with E-state index in [1.54, 1.807) is 0 Å². The lowest BCUT2D eigenvalue weighted by atomic mass is 9.82. The molecule has 39 heavy (non-hydrogen) atoms. The molecule has 1 unspecified atom stereocenters. The van der Waals surface area contributed by atoms with Crippen molar-refractivity contribution in [1.29, 1.82) is 0 Å². The number of fused-ring (bicyclic) bond motifs is 1. The van der Waals surface area contributed by atoms with Crippen LogP contribution in [0.2, 0.25) is 0 Å². The Kier molecular flexibility index (Phi) is 12.8. The van der Waals surface area contributed by atoms with Crippen LogP contribution in [0.15, 0.2) is 0 Å². The van der Waals surface area contributed by atoms with E-state index in [9.17, 15) is 9.59 Å². The molecule has 0 aliphatic carbocycles. The molecule has 222 valence electrons. The summed E-state index contributed by atoms with van der Waals surface area (Å²) in [5, 5.41) is 11.9. The number of hydrogen-bond acceptors (Lipinski definition) is 4. The molecule has 1 heterocycles. The summed E-state index contributed by atoms with van der Waals surface area (Å²) in [6.07, 6.45) is 12.1. The van der Waals surface area contributed by atoms with E-state index in [2.05, 4.69) is 46.9 Å². The summed E-state index contributed by atoms with van der Waals surface area (Å²) in [4.78, 5) is 23.5. The van der Waals surface area contributed by atoms with Gasteiger partial charge in [0.15, 0.2) is 0 Å². The highest BCUT2D eigenvalue weighted by molar-refractivity contribution is 5.97. The number of aliphatic carboxylic acids is 1. The van der Waals surface area contributed by atoms with Gasteiger partial charge in [0, 0.05) is 12.1 Å². The van der Waals surface area contributed by atoms with Crippen molar-refractivity contribution in [1.82, 2.24) is 0 Å². The fourth-order valence-corrected chi connectivity index (χ4v) is 5.83. The molecular formula is C33H56N2O4. The second-order valence-corrected chi connectivity index (χ2v) is 13.1. The first-order valence-corrected chi connectivity index (χ1v) is 15.3. The van der Waals surface area contributed by atoms with Crippen molar-refractivity contribution < 1.29 is 19.4 Å². The van der Waals surface area contributed by atoms with Crippen LogP contribution >= 0.6 is 0 Å². The van der Waals surface area contributed by atoms with Gasteiger partial charge in [-0.2, -0.15) is 0 Å². The van der Waals surface area contributed by atoms with E-state index >= 15 is 0 Å². The molecule has 1 aromatic carbocycles. The first kappa shape index (κ1) is 33.1. The van der Waals surface area contributed by atoms with Crippen molar-refractivity contribution in [3.05, 3.63) is 22.3 Å². The minimum Gasteiger partial charge on any atom is -0.487 e. The van der Waals surface area contributed by atoms with Crippen LogP contribution in [-0.2, 0) is 16.0 Å². The zero-order chi connectivity index (χ0) is 29.3. The maximum atomic E-state index is 12.7. The van der Waals surface area contributed by atoms with E-state index in [1.807, 2.05) is 13.8 Å². The van der Waals surface area contributed by atoms with E-state index in [0.29, 0.717) is 5.92 Å². The SMILES string of the molecule is Cc1c(C)c2c(c(C)c1NC(=O)C(N)CCC(=O)O)CC[C@@](C)(CC[C@@H](C)CCC[C@@H](C)CCCC(C)C)O2. The van der Waals surface area contributed by atoms with Crippen LogP contribution in [0.4, 0.5) is 5.69 Å². The number of carboxylic acids is 1. The van der Waals surface area contributed by atoms with Gasteiger partial charge in [0.05, 0.1) is 6.04 Å². The van der Waals surface area contributed by atoms with Gasteiger partial charge in [-0.15, -0.1) is 0 Å². The molecule has 6 nitrogen and oxygen atoms in total. The normalized spacial score (nSPS) is 19.2. The Morgan fingerprint density at radius 3 is 2.10 bits per heavy atom. The van der Waals surface area contributed by atoms with E-state index in [1.165, 1.54) is 44.9 Å². The summed E-state index contributed by atoms with van der Waals surface area (Å²) < 4.78 is 6.74. The predicted octanol–water partition coefficient (Wildman–Crippen LogP) is 7.88. The summed E-state index contributed by atoms with van der Waals surface area (Å²) in [6, 6.07) is -0.856. The van der Waals surface area contributed by atoms with Crippen LogP contribution in [0.25, 0.3) is 0 Å². The van der Waals surface area contributed by atoms with Gasteiger partial charge >= 0.3 is 5.97 Å². The smallest absolute Gasteiger partial charge is 0.303 e. The topological polar surface area (TPSA) is 102 Å². The molecule has 1 amide bonds. The third-order valence-electron chi connectivity index (χ3n) is 8.92. The molecule has 4 atom stereocenters. The molecule has 0 saturated carbocycles. The van der Waals surface area contributed by atoms with Crippen LogP contribution in [0.3, 0.4) is 0 Å². The molecule has 0 aromatic heterocycles. The molecule has 0 spiro atoms. The Morgan fingerprint density at radius 1 is 0.923 bits per heavy atom. The van der Waals surface area contributed by atoms with E-state index in [-0.39, 0.29) is 24.3 Å². The number of rotatable bonds is 16. The number of hydrogen-bond donors (Lipinski definition) is 3. The Hall–Kier alpha value is -2.08. The Balaban J connectivity index is 1.95. The first-order chi connectivity index (χ1) is 18.2. The van der Waals surface area contributed by atoms with Crippen molar-refractivity contribution in [3.8, 4) is 5.75 Å². The molecule has 0 fully saturated rings. The molecule has 0 bridgehead atoms. The maximum Gasteiger partial charge on any atom is 0.303 e. The summed E-state index contributed by atoms with van der Waals surface area (Å²) in [5.74, 6) is 2.01. The van der Waals surface area contributed by atoms with E-state index in [0.717, 1.165) is 64.8 Å². The Bertz CT molecular complexity index is 973. The number of carboxylic acid groups (broad SMARTS) is 1. The average Bonchev–Trinajstić information content (AvgIpc) is 2.86. The zero-order valence-electron chi connectivity index (χ0n) is 26.0. The lowest BCUT2D eigenvalue weighted by Crippen LogP contribution is -2.38. The molecule has 1 aliphatic rings. The van der Waals surface area contributed by atoms with Gasteiger partial charge in [0.25, 0.3) is 0 Å². The van der Waals surface area contributed by atoms with Crippen molar-refractivity contribution in [2.75, 3.05) is 5.32 Å². The van der Waals surface area contributed by atoms with Gasteiger partial charge in [0.2, 0.25) is 5.91 Å². The largest absolute Gasteiger partial charge is 0.487 e. The van der Waals surface area contributed by atoms with Crippen LogP contribution in [0, 0.1) is 38.5 Å². The van der Waals surface area contributed by atoms with Crippen LogP contribution in [-0.4, -0.2) is 28.6 Å². The quantitative estimate of drug-likeness (QED) is 0.196. The second kappa shape index (κ2) is 15.1. The Labute approximate surface area is 237 Å². The third-order valence-corrected chi connectivity index (χ3v) is 8.92. The summed E-state index contributed by atoms with van der Waals surface area (Å²) in [6.45, 7) is 17.8. The minimum absolute atomic E-state index is 0.112. The molecule has 4 N–H and O–H groups in total. The van der Waals surface area contributed by atoms with E-state index in [4.69, 9.17) is 15.6 Å². The standard InChI is InChI=1S/C33H56N2O4/c1-21(2)11-9-12-22(3)13-10-14-23(4)17-19-33(8)20-18-27-26(7)30(24(5)25(6)31(27)39-33)35-32(38)28(34)15-16-29(36)37/h21-23,28H,9-20,34H2,1-8H3,(H,35,38)(H,36,37)/t22-,23-,28?,33+/m0/s1. The maximum absolute atomic E-state index is 12.7. The number of carbonyl (C=O) groups is 2. The van der Waals surface area contributed by atoms with Gasteiger partial charge < -0.3 is 20.9 Å². The first-order valence-electron chi connectivity index (χ1n) is 15.3. The van der Waals surface area contributed by atoms with Gasteiger partial charge in [-0.25, -0.2) is 0 Å². The molecule has 0 radical (unpaired) electrons. The fraction of sp³-hybridized carbons (Fsp3) is 0.758. The fourth-order valence-electron chi connectivity index (χ4n) is 5.83. The molecule has 0 saturated heterocycles. The highest BCUT2D eigenvalue weighted by Gasteiger charge is 2.35. The van der Waals surface area contributed by atoms with Crippen molar-refractivity contribution in [3.63, 3.8) is 0 Å². The third kappa shape index (κ3) is 10.1. The number of carbonyl (C=O) groups excluding carboxylic acids is 1. The van der Waals surface area contributed by atoms with Crippen molar-refractivity contribution in [2.45, 2.75) is 144 Å². The van der Waals surface area contributed by atoms with Crippen LogP contribution < -0.4 is 15.8 Å². The monoisotopic (exact) mass is 544 g/mol. The summed E-state index contributed by atoms with van der Waals surface area (Å²) in [5.41, 5.74) is 10.8. The van der Waals surface area contributed by atoms with Crippen LogP contribution in [0.5, 0.6) is 5.75 Å². The molecule has 2 rings (SSSR count). The lowest BCUT2D eigenvalue weighted by Gasteiger charge is -2.39. The number of nitrogens with one attached hydrogen (secondary N) is 1. The van der Waals surface area contributed by atoms with Crippen molar-refractivity contribution in [2.24, 2.45) is 23.5 Å². The second-order valence-electron chi connectivity index (χ2n) is 13.1. The number of anilines is 1. The van der Waals surface area contributed by atoms with E-state index < -0.39 is 12.0 Å². The number of nitrogens with two attached hydrogens (primary N) is 1. The van der Waals surface area contributed by atoms with Gasteiger partial charge in [0.1, 0.15) is 11.4 Å². The van der Waals surface area contributed by atoms with Crippen LogP contribution in [0.1, 0.15) is 128 Å². The van der Waals surface area contributed by atoms with Gasteiger partial charge in [-0.05, 0) is 99.8 Å². The van der Waals surface area contributed by atoms with Gasteiger partial charge in [-0.3, -0.25) is 9.59 Å². The molecule has 6 heteroatoms. The highest BCUT2D eigenvalue weighted by Crippen LogP contribution is 2.44. The molecule has 1 aliphatic heterocycles. The average molecular weight is 545 g/mol. The lowest BCUT2D eigenvalue weighted by molar-refractivity contribution is -0.137. The molecule has 1 aromatic rings. The number of ether oxygens (including phenoxy) is 1. The predicted molar refractivity (Wildman–Crippen MR) is 162 cm³/mol. The zero-order valence-corrected chi connectivity index (χ0v) is 26.0. The number of benzene rings is 1. The molecular weight excluding hydrogens is 488 g/mol. The summed E-state index contributed by atoms with van der Waals surface area (Å²) in [7, 11) is 0.